The number of esters is 1. The van der Waals surface area contributed by atoms with Gasteiger partial charge in [-0.15, -0.1) is 0 Å². The van der Waals surface area contributed by atoms with E-state index in [1.54, 1.807) is 6.07 Å². The number of hydrogen-bond acceptors (Lipinski definition) is 4. The zero-order valence-corrected chi connectivity index (χ0v) is 14.0. The van der Waals surface area contributed by atoms with E-state index in [4.69, 9.17) is 4.74 Å². The summed E-state index contributed by atoms with van der Waals surface area (Å²) in [5.74, 6) is -1.37. The zero-order valence-electron chi connectivity index (χ0n) is 12.5. The number of rotatable bonds is 5. The van der Waals surface area contributed by atoms with Gasteiger partial charge in [-0.05, 0) is 30.7 Å². The molecule has 1 unspecified atom stereocenters. The van der Waals surface area contributed by atoms with Gasteiger partial charge in [0.25, 0.3) is 5.91 Å². The lowest BCUT2D eigenvalue weighted by Gasteiger charge is -2.14. The molecule has 0 radical (unpaired) electrons. The highest BCUT2D eigenvalue weighted by Gasteiger charge is 2.16. The Hall–Kier alpha value is -2.34. The number of aromatic hydroxyl groups is 1. The largest absolute Gasteiger partial charge is 0.507 e. The zero-order chi connectivity index (χ0) is 16.8. The minimum atomic E-state index is -0.758. The van der Waals surface area contributed by atoms with Gasteiger partial charge in [0, 0.05) is 4.47 Å². The highest BCUT2D eigenvalue weighted by Crippen LogP contribution is 2.22. The second kappa shape index (κ2) is 7.78. The molecule has 0 heterocycles. The van der Waals surface area contributed by atoms with E-state index in [2.05, 4.69) is 21.2 Å². The van der Waals surface area contributed by atoms with Crippen LogP contribution in [0.25, 0.3) is 0 Å². The standard InChI is InChI=1S/C17H16BrNO4/c1-11(12-5-3-2-4-6-12)19-16(21)10-23-17(22)14-9-13(18)7-8-15(14)20/h2-9,11,20H,10H2,1H3,(H,19,21). The van der Waals surface area contributed by atoms with Gasteiger partial charge < -0.3 is 15.2 Å². The molecule has 2 aromatic rings. The second-order valence-corrected chi connectivity index (χ2v) is 5.85. The number of ether oxygens (including phenoxy) is 1. The number of phenolic OH excluding ortho intramolecular Hbond substituents is 1. The van der Waals surface area contributed by atoms with E-state index in [9.17, 15) is 14.7 Å². The summed E-state index contributed by atoms with van der Waals surface area (Å²) in [6.45, 7) is 1.43. The van der Waals surface area contributed by atoms with Gasteiger partial charge in [0.2, 0.25) is 0 Å². The van der Waals surface area contributed by atoms with Gasteiger partial charge in [-0.25, -0.2) is 4.79 Å². The van der Waals surface area contributed by atoms with Gasteiger partial charge in [0.05, 0.1) is 6.04 Å². The molecule has 2 aromatic carbocycles. The van der Waals surface area contributed by atoms with E-state index in [0.29, 0.717) is 4.47 Å². The fourth-order valence-corrected chi connectivity index (χ4v) is 2.35. The van der Waals surface area contributed by atoms with Crippen LogP contribution in [0.5, 0.6) is 5.75 Å². The summed E-state index contributed by atoms with van der Waals surface area (Å²) in [4.78, 5) is 23.7. The Labute approximate surface area is 142 Å². The Balaban J connectivity index is 1.89. The average Bonchev–Trinajstić information content (AvgIpc) is 2.55. The second-order valence-electron chi connectivity index (χ2n) is 4.94. The van der Waals surface area contributed by atoms with Crippen molar-refractivity contribution in [2.75, 3.05) is 6.61 Å². The van der Waals surface area contributed by atoms with E-state index in [1.807, 2.05) is 37.3 Å². The molecule has 0 aliphatic carbocycles. The lowest BCUT2D eigenvalue weighted by atomic mass is 10.1. The molecule has 120 valence electrons. The fraction of sp³-hybridized carbons (Fsp3) is 0.176. The summed E-state index contributed by atoms with van der Waals surface area (Å²) in [6, 6.07) is 13.7. The molecule has 2 rings (SSSR count). The van der Waals surface area contributed by atoms with E-state index in [-0.39, 0.29) is 17.4 Å². The first-order chi connectivity index (χ1) is 11.0. The first-order valence-corrected chi connectivity index (χ1v) is 7.76. The summed E-state index contributed by atoms with van der Waals surface area (Å²) in [6.07, 6.45) is 0. The fourth-order valence-electron chi connectivity index (χ4n) is 1.99. The monoisotopic (exact) mass is 377 g/mol. The van der Waals surface area contributed by atoms with Crippen molar-refractivity contribution in [3.05, 3.63) is 64.1 Å². The first kappa shape index (κ1) is 17.0. The van der Waals surface area contributed by atoms with Crippen molar-refractivity contribution in [1.29, 1.82) is 0 Å². The highest BCUT2D eigenvalue weighted by atomic mass is 79.9. The molecular weight excluding hydrogens is 362 g/mol. The van der Waals surface area contributed by atoms with E-state index >= 15 is 0 Å². The molecule has 0 aliphatic heterocycles. The minimum absolute atomic E-state index is 0.00304. The van der Waals surface area contributed by atoms with Crippen LogP contribution < -0.4 is 5.32 Å². The Morgan fingerprint density at radius 2 is 1.91 bits per heavy atom. The number of phenols is 1. The van der Waals surface area contributed by atoms with Gasteiger partial charge in [-0.2, -0.15) is 0 Å². The molecule has 0 spiro atoms. The van der Waals surface area contributed by atoms with Crippen LogP contribution in [0.2, 0.25) is 0 Å². The Kier molecular flexibility index (Phi) is 5.76. The van der Waals surface area contributed by atoms with Crippen LogP contribution in [0.4, 0.5) is 0 Å². The number of hydrogen-bond donors (Lipinski definition) is 2. The van der Waals surface area contributed by atoms with Crippen molar-refractivity contribution in [3.8, 4) is 5.75 Å². The third-order valence-corrected chi connectivity index (χ3v) is 3.68. The lowest BCUT2D eigenvalue weighted by molar-refractivity contribution is -0.124. The van der Waals surface area contributed by atoms with Crippen molar-refractivity contribution >= 4 is 27.8 Å². The molecule has 2 N–H and O–H groups in total. The predicted octanol–water partition coefficient (Wildman–Crippen LogP) is 3.19. The van der Waals surface area contributed by atoms with Crippen LogP contribution in [0.15, 0.2) is 53.0 Å². The molecule has 1 atom stereocenters. The normalized spacial score (nSPS) is 11.6. The van der Waals surface area contributed by atoms with Crippen LogP contribution in [0.1, 0.15) is 28.9 Å². The lowest BCUT2D eigenvalue weighted by Crippen LogP contribution is -2.31. The number of nitrogens with one attached hydrogen (secondary N) is 1. The van der Waals surface area contributed by atoms with Gasteiger partial charge in [0.15, 0.2) is 6.61 Å². The summed E-state index contributed by atoms with van der Waals surface area (Å²) in [7, 11) is 0. The third-order valence-electron chi connectivity index (χ3n) is 3.19. The summed E-state index contributed by atoms with van der Waals surface area (Å²) < 4.78 is 5.56. The molecule has 0 aromatic heterocycles. The highest BCUT2D eigenvalue weighted by molar-refractivity contribution is 9.10. The molecule has 0 saturated carbocycles. The number of benzene rings is 2. The summed E-state index contributed by atoms with van der Waals surface area (Å²) in [5, 5.41) is 12.4. The smallest absolute Gasteiger partial charge is 0.342 e. The molecule has 0 saturated heterocycles. The van der Waals surface area contributed by atoms with E-state index in [0.717, 1.165) is 5.56 Å². The van der Waals surface area contributed by atoms with Crippen LogP contribution in [0, 0.1) is 0 Å². The van der Waals surface area contributed by atoms with Crippen LogP contribution in [0.3, 0.4) is 0 Å². The quantitative estimate of drug-likeness (QED) is 0.784. The Morgan fingerprint density at radius 3 is 2.61 bits per heavy atom. The number of carbonyl (C=O) groups excluding carboxylic acids is 2. The number of carbonyl (C=O) groups is 2. The molecular formula is C17H16BrNO4. The first-order valence-electron chi connectivity index (χ1n) is 6.97. The molecule has 23 heavy (non-hydrogen) atoms. The van der Waals surface area contributed by atoms with Crippen LogP contribution in [-0.2, 0) is 9.53 Å². The van der Waals surface area contributed by atoms with Gasteiger partial charge in [-0.1, -0.05) is 46.3 Å². The number of amides is 1. The van der Waals surface area contributed by atoms with Crippen LogP contribution in [-0.4, -0.2) is 23.6 Å². The SMILES string of the molecule is CC(NC(=O)COC(=O)c1cc(Br)ccc1O)c1ccccc1. The molecule has 0 aliphatic rings. The molecule has 6 heteroatoms. The topological polar surface area (TPSA) is 75.6 Å². The maximum Gasteiger partial charge on any atom is 0.342 e. The van der Waals surface area contributed by atoms with Crippen molar-refractivity contribution in [2.24, 2.45) is 0 Å². The molecule has 0 fully saturated rings. The summed E-state index contributed by atoms with van der Waals surface area (Å²) in [5.41, 5.74) is 0.958. The average molecular weight is 378 g/mol. The Bertz CT molecular complexity index is 703. The minimum Gasteiger partial charge on any atom is -0.507 e. The molecule has 1 amide bonds. The maximum atomic E-state index is 11.9. The predicted molar refractivity (Wildman–Crippen MR) is 89.1 cm³/mol. The van der Waals surface area contributed by atoms with Crippen LogP contribution >= 0.6 is 15.9 Å². The van der Waals surface area contributed by atoms with E-state index in [1.165, 1.54) is 12.1 Å². The van der Waals surface area contributed by atoms with E-state index < -0.39 is 18.5 Å². The van der Waals surface area contributed by atoms with Gasteiger partial charge >= 0.3 is 5.97 Å². The van der Waals surface area contributed by atoms with Crippen molar-refractivity contribution < 1.29 is 19.4 Å². The van der Waals surface area contributed by atoms with Gasteiger partial charge in [0.1, 0.15) is 11.3 Å². The maximum absolute atomic E-state index is 11.9. The number of halogens is 1. The third kappa shape index (κ3) is 4.82. The Morgan fingerprint density at radius 1 is 1.22 bits per heavy atom. The van der Waals surface area contributed by atoms with Gasteiger partial charge in [-0.3, -0.25) is 4.79 Å². The van der Waals surface area contributed by atoms with Crippen molar-refractivity contribution in [2.45, 2.75) is 13.0 Å². The summed E-state index contributed by atoms with van der Waals surface area (Å²) >= 11 is 3.21. The van der Waals surface area contributed by atoms with Crippen molar-refractivity contribution in [3.63, 3.8) is 0 Å². The molecule has 5 nitrogen and oxygen atoms in total. The van der Waals surface area contributed by atoms with Crippen molar-refractivity contribution in [1.82, 2.24) is 5.32 Å². The molecule has 0 bridgehead atoms.